The Morgan fingerprint density at radius 1 is 1.07 bits per heavy atom. The summed E-state index contributed by atoms with van der Waals surface area (Å²) in [5.41, 5.74) is -0.970. The third-order valence-corrected chi connectivity index (χ3v) is 8.70. The van der Waals surface area contributed by atoms with Gasteiger partial charge in [0.1, 0.15) is 17.5 Å². The molecule has 1 fully saturated rings. The van der Waals surface area contributed by atoms with E-state index in [1.807, 2.05) is 0 Å². The molecule has 0 bridgehead atoms. The highest BCUT2D eigenvalue weighted by Crippen LogP contribution is 2.52. The highest BCUT2D eigenvalue weighted by atomic mass is 32.2. The fraction of sp³-hybridized carbons (Fsp3) is 0.240. The number of rotatable bonds is 7. The predicted molar refractivity (Wildman–Crippen MR) is 136 cm³/mol. The van der Waals surface area contributed by atoms with Gasteiger partial charge in [-0.3, -0.25) is 28.9 Å². The summed E-state index contributed by atoms with van der Waals surface area (Å²) in [7, 11) is 0. The summed E-state index contributed by atoms with van der Waals surface area (Å²) in [5.74, 6) is -5.19. The van der Waals surface area contributed by atoms with Crippen molar-refractivity contribution in [2.45, 2.75) is 22.4 Å². The number of likely N-dealkylation sites (tertiary alicyclic amines) is 1. The maximum absolute atomic E-state index is 13.2. The first-order chi connectivity index (χ1) is 18.9. The number of aliphatic carboxylic acids is 1. The number of fused-ring (bicyclic) bond motifs is 2. The number of alkyl halides is 3. The maximum Gasteiger partial charge on any atom is 0.418 e. The molecule has 3 atom stereocenters. The van der Waals surface area contributed by atoms with Crippen molar-refractivity contribution in [3.63, 3.8) is 0 Å². The van der Waals surface area contributed by atoms with Crippen LogP contribution in [0.3, 0.4) is 0 Å². The molecule has 0 unspecified atom stereocenters. The van der Waals surface area contributed by atoms with Gasteiger partial charge < -0.3 is 20.1 Å². The summed E-state index contributed by atoms with van der Waals surface area (Å²) in [6.45, 7) is -1.42. The molecule has 0 aliphatic carbocycles. The van der Waals surface area contributed by atoms with E-state index in [1.54, 1.807) is 12.1 Å². The SMILES string of the molecule is O=C(O)CN1C(=O)[C@@H]2[C@H](c3cccc(OCC(=O)Nc4ccccc4C(F)(F)F)c3)c3sc(=O)[nH]c3S[C@@H]2C1=O. The van der Waals surface area contributed by atoms with E-state index in [0.29, 0.717) is 20.4 Å². The standard InChI is InChI=1S/C25H18F3N3O7S2/c26-25(27,28)13-6-1-2-7-14(13)29-15(32)10-38-12-5-3-4-11(8-12)17-18-20(39-21-19(17)40-24(37)30-21)23(36)31(22(18)35)9-16(33)34/h1-8,17-18,20H,9-10H2,(H,29,32)(H,30,37)(H,33,34)/t17-,18+,20-/m0/s1. The van der Waals surface area contributed by atoms with Gasteiger partial charge in [-0.15, -0.1) is 0 Å². The van der Waals surface area contributed by atoms with E-state index in [2.05, 4.69) is 10.3 Å². The zero-order valence-electron chi connectivity index (χ0n) is 20.1. The van der Waals surface area contributed by atoms with Crippen LogP contribution in [0.5, 0.6) is 5.75 Å². The second kappa shape index (κ2) is 10.5. The number of anilines is 1. The minimum absolute atomic E-state index is 0.148. The van der Waals surface area contributed by atoms with Crippen LogP contribution in [0.2, 0.25) is 0 Å². The van der Waals surface area contributed by atoms with Crippen LogP contribution < -0.4 is 14.9 Å². The van der Waals surface area contributed by atoms with E-state index in [1.165, 1.54) is 24.3 Å². The van der Waals surface area contributed by atoms with Crippen molar-refractivity contribution in [1.82, 2.24) is 9.88 Å². The number of thioether (sulfide) groups is 1. The molecule has 10 nitrogen and oxygen atoms in total. The lowest BCUT2D eigenvalue weighted by Crippen LogP contribution is -2.36. The molecule has 0 spiro atoms. The number of H-pyrrole nitrogens is 1. The second-order valence-electron chi connectivity index (χ2n) is 8.86. The number of nitrogens with zero attached hydrogens (tertiary/aromatic N) is 1. The van der Waals surface area contributed by atoms with Crippen LogP contribution in [-0.2, 0) is 25.4 Å². The van der Waals surface area contributed by atoms with Gasteiger partial charge in [0.15, 0.2) is 6.61 Å². The molecule has 40 heavy (non-hydrogen) atoms. The Morgan fingerprint density at radius 2 is 1.82 bits per heavy atom. The van der Waals surface area contributed by atoms with Crippen LogP contribution in [0.15, 0.2) is 58.4 Å². The number of thiazole rings is 1. The lowest BCUT2D eigenvalue weighted by Gasteiger charge is -2.30. The van der Waals surface area contributed by atoms with Gasteiger partial charge in [-0.25, -0.2) is 0 Å². The van der Waals surface area contributed by atoms with Crippen molar-refractivity contribution in [2.24, 2.45) is 5.92 Å². The zero-order valence-corrected chi connectivity index (χ0v) is 21.7. The Balaban J connectivity index is 1.39. The Bertz CT molecular complexity index is 1590. The third kappa shape index (κ3) is 5.21. The van der Waals surface area contributed by atoms with E-state index in [4.69, 9.17) is 4.74 Å². The molecule has 2 aliphatic heterocycles. The van der Waals surface area contributed by atoms with E-state index in [-0.39, 0.29) is 5.75 Å². The molecule has 3 heterocycles. The molecule has 2 aliphatic rings. The van der Waals surface area contributed by atoms with Crippen molar-refractivity contribution in [2.75, 3.05) is 18.5 Å². The fourth-order valence-electron chi connectivity index (χ4n) is 4.70. The smallest absolute Gasteiger partial charge is 0.418 e. The summed E-state index contributed by atoms with van der Waals surface area (Å²) in [6.07, 6.45) is -4.67. The molecule has 0 radical (unpaired) electrons. The molecule has 3 N–H and O–H groups in total. The second-order valence-corrected chi connectivity index (χ2v) is 11.0. The summed E-state index contributed by atoms with van der Waals surface area (Å²) < 4.78 is 45.2. The molecule has 1 saturated heterocycles. The monoisotopic (exact) mass is 593 g/mol. The third-order valence-electron chi connectivity index (χ3n) is 6.30. The van der Waals surface area contributed by atoms with Gasteiger partial charge in [-0.1, -0.05) is 47.4 Å². The van der Waals surface area contributed by atoms with Crippen LogP contribution in [0.25, 0.3) is 0 Å². The van der Waals surface area contributed by atoms with Gasteiger partial charge in [0.05, 0.1) is 22.2 Å². The molecular formula is C25H18F3N3O7S2. The van der Waals surface area contributed by atoms with Crippen LogP contribution in [0.4, 0.5) is 18.9 Å². The molecule has 5 rings (SSSR count). The number of hydrogen-bond donors (Lipinski definition) is 3. The number of nitrogens with one attached hydrogen (secondary N) is 2. The van der Waals surface area contributed by atoms with Gasteiger partial charge >= 0.3 is 17.0 Å². The van der Waals surface area contributed by atoms with E-state index in [9.17, 15) is 42.3 Å². The summed E-state index contributed by atoms with van der Waals surface area (Å²) >= 11 is 1.86. The number of carbonyl (C=O) groups excluding carboxylic acids is 3. The first kappa shape index (κ1) is 27.5. The fourth-order valence-corrected chi connectivity index (χ4v) is 7.23. The minimum atomic E-state index is -4.67. The Morgan fingerprint density at radius 3 is 2.55 bits per heavy atom. The van der Waals surface area contributed by atoms with Crippen molar-refractivity contribution >= 4 is 52.5 Å². The first-order valence-corrected chi connectivity index (χ1v) is 13.3. The van der Waals surface area contributed by atoms with Gasteiger partial charge in [0, 0.05) is 10.8 Å². The molecule has 0 saturated carbocycles. The Hall–Kier alpha value is -4.11. The summed E-state index contributed by atoms with van der Waals surface area (Å²) in [4.78, 5) is 65.5. The number of benzene rings is 2. The van der Waals surface area contributed by atoms with E-state index >= 15 is 0 Å². The topological polar surface area (TPSA) is 146 Å². The number of carboxylic acids is 1. The summed E-state index contributed by atoms with van der Waals surface area (Å²) in [6, 6.07) is 10.7. The van der Waals surface area contributed by atoms with E-state index < -0.39 is 76.2 Å². The highest BCUT2D eigenvalue weighted by Gasteiger charge is 2.56. The Labute approximate surface area is 231 Å². The average Bonchev–Trinajstić information content (AvgIpc) is 3.37. The van der Waals surface area contributed by atoms with Gasteiger partial charge in [-0.2, -0.15) is 13.2 Å². The van der Waals surface area contributed by atoms with Crippen molar-refractivity contribution in [3.05, 3.63) is 74.2 Å². The lowest BCUT2D eigenvalue weighted by molar-refractivity contribution is -0.149. The number of para-hydroxylation sites is 1. The molecule has 3 amide bonds. The minimum Gasteiger partial charge on any atom is -0.484 e. The first-order valence-electron chi connectivity index (χ1n) is 11.6. The number of halogens is 3. The molecule has 208 valence electrons. The molecule has 15 heteroatoms. The number of ether oxygens (including phenoxy) is 1. The quantitative estimate of drug-likeness (QED) is 0.354. The highest BCUT2D eigenvalue weighted by molar-refractivity contribution is 8.00. The molecule has 2 aromatic carbocycles. The van der Waals surface area contributed by atoms with Gasteiger partial charge in [-0.05, 0) is 29.8 Å². The van der Waals surface area contributed by atoms with Crippen molar-refractivity contribution in [3.8, 4) is 5.75 Å². The number of amides is 3. The number of hydrogen-bond acceptors (Lipinski definition) is 8. The number of carboxylic acid groups (broad SMARTS) is 1. The molecule has 3 aromatic rings. The zero-order chi connectivity index (χ0) is 28.8. The predicted octanol–water partition coefficient (Wildman–Crippen LogP) is 3.15. The lowest BCUT2D eigenvalue weighted by atomic mass is 9.83. The van der Waals surface area contributed by atoms with E-state index in [0.717, 1.165) is 35.2 Å². The normalized spacial score (nSPS) is 20.2. The maximum atomic E-state index is 13.2. The largest absolute Gasteiger partial charge is 0.484 e. The molecule has 1 aromatic heterocycles. The Kier molecular flexibility index (Phi) is 7.18. The van der Waals surface area contributed by atoms with Gasteiger partial charge in [0.2, 0.25) is 11.8 Å². The average molecular weight is 594 g/mol. The number of aromatic nitrogens is 1. The van der Waals surface area contributed by atoms with Crippen LogP contribution >= 0.6 is 23.1 Å². The molecular weight excluding hydrogens is 575 g/mol. The van der Waals surface area contributed by atoms with Gasteiger partial charge in [0.25, 0.3) is 5.91 Å². The van der Waals surface area contributed by atoms with Crippen LogP contribution in [0.1, 0.15) is 21.9 Å². The van der Waals surface area contributed by atoms with Crippen LogP contribution in [-0.4, -0.2) is 57.1 Å². The number of aromatic amines is 1. The van der Waals surface area contributed by atoms with Crippen LogP contribution in [0, 0.1) is 5.92 Å². The summed E-state index contributed by atoms with van der Waals surface area (Å²) in [5, 5.41) is 10.8. The van der Waals surface area contributed by atoms with Crippen molar-refractivity contribution < 1.29 is 42.2 Å². The number of imide groups is 1. The van der Waals surface area contributed by atoms with Crippen molar-refractivity contribution in [1.29, 1.82) is 0 Å². The number of carbonyl (C=O) groups is 4.